The van der Waals surface area contributed by atoms with Gasteiger partial charge in [-0.2, -0.15) is 13.2 Å². The van der Waals surface area contributed by atoms with Crippen LogP contribution in [0.15, 0.2) is 0 Å². The molecular formula is C9H15BrF3NOS. The summed E-state index contributed by atoms with van der Waals surface area (Å²) >= 11 is 3.37. The summed E-state index contributed by atoms with van der Waals surface area (Å²) in [7, 11) is 0. The van der Waals surface area contributed by atoms with Crippen LogP contribution in [0.4, 0.5) is 13.2 Å². The summed E-state index contributed by atoms with van der Waals surface area (Å²) in [5, 5.41) is 0.725. The van der Waals surface area contributed by atoms with Crippen molar-refractivity contribution in [3.8, 4) is 0 Å². The van der Waals surface area contributed by atoms with E-state index in [0.717, 1.165) is 5.33 Å². The Morgan fingerprint density at radius 2 is 2.19 bits per heavy atom. The van der Waals surface area contributed by atoms with Crippen LogP contribution >= 0.6 is 27.7 Å². The van der Waals surface area contributed by atoms with Crippen molar-refractivity contribution in [1.82, 2.24) is 4.90 Å². The van der Waals surface area contributed by atoms with Gasteiger partial charge >= 0.3 is 5.51 Å². The number of morpholine rings is 1. The normalized spacial score (nSPS) is 28.3. The highest BCUT2D eigenvalue weighted by Crippen LogP contribution is 2.30. The molecule has 1 heterocycles. The molecule has 0 radical (unpaired) electrons. The van der Waals surface area contributed by atoms with E-state index in [1.165, 1.54) is 0 Å². The lowest BCUT2D eigenvalue weighted by Crippen LogP contribution is -2.49. The molecule has 96 valence electrons. The molecule has 0 aliphatic carbocycles. The van der Waals surface area contributed by atoms with E-state index in [2.05, 4.69) is 15.9 Å². The molecular weight excluding hydrogens is 307 g/mol. The van der Waals surface area contributed by atoms with Crippen LogP contribution in [-0.4, -0.2) is 53.3 Å². The molecule has 0 aromatic carbocycles. The average molecular weight is 322 g/mol. The maximum Gasteiger partial charge on any atom is 0.441 e. The molecule has 1 rings (SSSR count). The van der Waals surface area contributed by atoms with Crippen molar-refractivity contribution in [2.45, 2.75) is 24.6 Å². The third-order valence-electron chi connectivity index (χ3n) is 2.45. The van der Waals surface area contributed by atoms with Gasteiger partial charge in [-0.05, 0) is 18.7 Å². The number of hydrogen-bond acceptors (Lipinski definition) is 3. The Kier molecular flexibility index (Phi) is 5.90. The molecule has 0 amide bonds. The molecule has 0 aromatic heterocycles. The second-order valence-corrected chi connectivity index (χ2v) is 5.56. The molecule has 2 atom stereocenters. The zero-order chi connectivity index (χ0) is 12.2. The van der Waals surface area contributed by atoms with Gasteiger partial charge in [0.25, 0.3) is 0 Å². The fourth-order valence-corrected chi connectivity index (χ4v) is 2.51. The summed E-state index contributed by atoms with van der Waals surface area (Å²) in [6, 6.07) is 0.198. The second kappa shape index (κ2) is 6.47. The molecule has 0 aromatic rings. The van der Waals surface area contributed by atoms with E-state index < -0.39 is 5.51 Å². The van der Waals surface area contributed by atoms with Crippen molar-refractivity contribution in [2.24, 2.45) is 0 Å². The number of hydrogen-bond donors (Lipinski definition) is 0. The standard InChI is InChI=1S/C9H15BrF3NOS/c1-7-6-15-8(4-10)5-14(7)2-3-16-9(11,12)13/h7-8H,2-6H2,1H3. The lowest BCUT2D eigenvalue weighted by molar-refractivity contribution is -0.0453. The monoisotopic (exact) mass is 321 g/mol. The van der Waals surface area contributed by atoms with Crippen LogP contribution in [0.1, 0.15) is 6.92 Å². The molecule has 1 fully saturated rings. The highest BCUT2D eigenvalue weighted by molar-refractivity contribution is 9.09. The highest BCUT2D eigenvalue weighted by atomic mass is 79.9. The van der Waals surface area contributed by atoms with Crippen LogP contribution in [0.25, 0.3) is 0 Å². The lowest BCUT2D eigenvalue weighted by atomic mass is 10.2. The van der Waals surface area contributed by atoms with Crippen LogP contribution in [0.3, 0.4) is 0 Å². The Morgan fingerprint density at radius 3 is 2.75 bits per heavy atom. The van der Waals surface area contributed by atoms with Gasteiger partial charge in [-0.1, -0.05) is 15.9 Å². The summed E-state index contributed by atoms with van der Waals surface area (Å²) in [5.41, 5.74) is -4.12. The first kappa shape index (κ1) is 14.6. The largest absolute Gasteiger partial charge is 0.441 e. The van der Waals surface area contributed by atoms with Crippen molar-refractivity contribution in [1.29, 1.82) is 0 Å². The van der Waals surface area contributed by atoms with E-state index in [-0.39, 0.29) is 29.7 Å². The Balaban J connectivity index is 2.28. The molecule has 1 aliphatic rings. The predicted molar refractivity (Wildman–Crippen MR) is 63.1 cm³/mol. The van der Waals surface area contributed by atoms with E-state index in [4.69, 9.17) is 4.74 Å². The molecule has 0 N–H and O–H groups in total. The molecule has 0 spiro atoms. The van der Waals surface area contributed by atoms with Crippen LogP contribution in [0.2, 0.25) is 0 Å². The number of ether oxygens (including phenoxy) is 1. The minimum absolute atomic E-state index is 0.0439. The third-order valence-corrected chi connectivity index (χ3v) is 3.89. The molecule has 1 aliphatic heterocycles. The van der Waals surface area contributed by atoms with E-state index in [1.54, 1.807) is 0 Å². The van der Waals surface area contributed by atoms with Crippen LogP contribution in [-0.2, 0) is 4.74 Å². The molecule has 16 heavy (non-hydrogen) atoms. The predicted octanol–water partition coefficient (Wildman–Crippen LogP) is 2.72. The van der Waals surface area contributed by atoms with Gasteiger partial charge < -0.3 is 4.74 Å². The van der Waals surface area contributed by atoms with Crippen molar-refractivity contribution in [3.05, 3.63) is 0 Å². The Hall–Kier alpha value is 0.540. The Bertz CT molecular complexity index is 217. The molecule has 0 bridgehead atoms. The number of alkyl halides is 4. The highest BCUT2D eigenvalue weighted by Gasteiger charge is 2.30. The van der Waals surface area contributed by atoms with Gasteiger partial charge in [0.1, 0.15) is 0 Å². The molecule has 2 unspecified atom stereocenters. The zero-order valence-corrected chi connectivity index (χ0v) is 11.4. The fourth-order valence-electron chi connectivity index (χ4n) is 1.56. The van der Waals surface area contributed by atoms with Crippen LogP contribution < -0.4 is 0 Å². The van der Waals surface area contributed by atoms with E-state index >= 15 is 0 Å². The van der Waals surface area contributed by atoms with Crippen molar-refractivity contribution >= 4 is 27.7 Å². The van der Waals surface area contributed by atoms with Gasteiger partial charge in [-0.3, -0.25) is 4.90 Å². The summed E-state index contributed by atoms with van der Waals surface area (Å²) in [6.45, 7) is 3.72. The summed E-state index contributed by atoms with van der Waals surface area (Å²) in [4.78, 5) is 2.05. The first-order valence-corrected chi connectivity index (χ1v) is 7.15. The third kappa shape index (κ3) is 5.25. The van der Waals surface area contributed by atoms with E-state index in [0.29, 0.717) is 19.7 Å². The second-order valence-electron chi connectivity index (χ2n) is 3.75. The van der Waals surface area contributed by atoms with Crippen molar-refractivity contribution < 1.29 is 17.9 Å². The molecule has 7 heteroatoms. The Morgan fingerprint density at radius 1 is 1.50 bits per heavy atom. The maximum absolute atomic E-state index is 12.0. The number of nitrogens with zero attached hydrogens (tertiary/aromatic N) is 1. The SMILES string of the molecule is CC1COC(CBr)CN1CCSC(F)(F)F. The summed E-state index contributed by atoms with van der Waals surface area (Å²) in [6.07, 6.45) is 0.0899. The van der Waals surface area contributed by atoms with Gasteiger partial charge in [0, 0.05) is 30.2 Å². The number of halogens is 4. The summed E-state index contributed by atoms with van der Waals surface area (Å²) in [5.74, 6) is 0.0862. The van der Waals surface area contributed by atoms with Crippen LogP contribution in [0, 0.1) is 0 Å². The maximum atomic E-state index is 12.0. The Labute approximate surface area is 106 Å². The molecule has 2 nitrogen and oxygen atoms in total. The van der Waals surface area contributed by atoms with Crippen molar-refractivity contribution in [2.75, 3.05) is 30.8 Å². The lowest BCUT2D eigenvalue weighted by Gasteiger charge is -2.37. The van der Waals surface area contributed by atoms with E-state index in [1.807, 2.05) is 11.8 Å². The van der Waals surface area contributed by atoms with Gasteiger partial charge in [-0.15, -0.1) is 0 Å². The van der Waals surface area contributed by atoms with Crippen molar-refractivity contribution in [3.63, 3.8) is 0 Å². The average Bonchev–Trinajstić information content (AvgIpc) is 2.19. The number of thioether (sulfide) groups is 1. The first-order valence-electron chi connectivity index (χ1n) is 5.04. The number of rotatable bonds is 4. The topological polar surface area (TPSA) is 12.5 Å². The first-order chi connectivity index (χ1) is 7.42. The van der Waals surface area contributed by atoms with Gasteiger partial charge in [0.05, 0.1) is 12.7 Å². The quantitative estimate of drug-likeness (QED) is 0.739. The van der Waals surface area contributed by atoms with Gasteiger partial charge in [0.2, 0.25) is 0 Å². The molecule has 0 saturated carbocycles. The van der Waals surface area contributed by atoms with E-state index in [9.17, 15) is 13.2 Å². The fraction of sp³-hybridized carbons (Fsp3) is 1.00. The minimum Gasteiger partial charge on any atom is -0.374 e. The minimum atomic E-state index is -4.12. The zero-order valence-electron chi connectivity index (χ0n) is 8.97. The van der Waals surface area contributed by atoms with Crippen LogP contribution in [0.5, 0.6) is 0 Å². The molecule has 1 saturated heterocycles. The smallest absolute Gasteiger partial charge is 0.374 e. The van der Waals surface area contributed by atoms with Gasteiger partial charge in [-0.25, -0.2) is 0 Å². The van der Waals surface area contributed by atoms with Gasteiger partial charge in [0.15, 0.2) is 0 Å². The summed E-state index contributed by atoms with van der Waals surface area (Å²) < 4.78 is 41.4.